The number of thiazole rings is 1. The first kappa shape index (κ1) is 11.8. The normalized spacial score (nSPS) is 18.9. The Kier molecular flexibility index (Phi) is 3.46. The third kappa shape index (κ3) is 3.16. The second kappa shape index (κ2) is 4.68. The molecular weight excluding hydrogens is 248 g/mol. The van der Waals surface area contributed by atoms with Gasteiger partial charge in [0.15, 0.2) is 5.13 Å². The summed E-state index contributed by atoms with van der Waals surface area (Å²) in [4.78, 5) is 6.38. The van der Waals surface area contributed by atoms with Crippen molar-refractivity contribution in [2.75, 3.05) is 24.2 Å². The molecule has 0 atom stereocenters. The van der Waals surface area contributed by atoms with Crippen LogP contribution in [0, 0.1) is 0 Å². The Labute approximate surface area is 99.2 Å². The van der Waals surface area contributed by atoms with Crippen LogP contribution < -0.4 is 4.90 Å². The van der Waals surface area contributed by atoms with E-state index in [1.165, 1.54) is 0 Å². The van der Waals surface area contributed by atoms with Crippen molar-refractivity contribution in [3.05, 3.63) is 11.6 Å². The summed E-state index contributed by atoms with van der Waals surface area (Å²) in [6.45, 7) is 1.60. The van der Waals surface area contributed by atoms with Crippen molar-refractivity contribution in [3.63, 3.8) is 0 Å². The fraction of sp³-hybridized carbons (Fsp3) is 0.667. The van der Waals surface area contributed by atoms with E-state index < -0.39 is 10.1 Å². The number of nitrogens with zero attached hydrogens (tertiary/aromatic N) is 2. The van der Waals surface area contributed by atoms with Gasteiger partial charge in [0.2, 0.25) is 0 Å². The molecule has 0 aromatic carbocycles. The first-order valence-corrected chi connectivity index (χ1v) is 7.77. The van der Waals surface area contributed by atoms with Crippen LogP contribution in [0.1, 0.15) is 12.8 Å². The predicted octanol–water partition coefficient (Wildman–Crippen LogP) is 1.09. The third-order valence-corrected chi connectivity index (χ3v) is 3.90. The van der Waals surface area contributed by atoms with E-state index >= 15 is 0 Å². The molecule has 0 radical (unpaired) electrons. The molecule has 1 saturated heterocycles. The molecule has 7 heteroatoms. The van der Waals surface area contributed by atoms with Crippen molar-refractivity contribution < 1.29 is 12.6 Å². The number of hydrogen-bond donors (Lipinski definition) is 0. The summed E-state index contributed by atoms with van der Waals surface area (Å²) in [7, 11) is -3.33. The monoisotopic (exact) mass is 262 g/mol. The standard InChI is InChI=1S/C9H14N2O3S2/c1-16(12,13)14-8-2-5-11(6-3-8)9-10-4-7-15-9/h4,7-8H,2-3,5-6H2,1H3. The molecular formula is C9H14N2O3S2. The van der Waals surface area contributed by atoms with E-state index in [-0.39, 0.29) is 6.10 Å². The van der Waals surface area contributed by atoms with Crippen LogP contribution in [0.2, 0.25) is 0 Å². The summed E-state index contributed by atoms with van der Waals surface area (Å²) < 4.78 is 26.9. The molecule has 90 valence electrons. The molecule has 0 spiro atoms. The second-order valence-corrected chi connectivity index (χ2v) is 6.28. The molecule has 1 aliphatic heterocycles. The fourth-order valence-corrected chi connectivity index (χ4v) is 3.15. The van der Waals surface area contributed by atoms with Gasteiger partial charge in [-0.05, 0) is 12.8 Å². The summed E-state index contributed by atoms with van der Waals surface area (Å²) in [5.74, 6) is 0. The van der Waals surface area contributed by atoms with E-state index in [1.807, 2.05) is 5.38 Å². The number of rotatable bonds is 3. The van der Waals surface area contributed by atoms with Gasteiger partial charge in [-0.15, -0.1) is 11.3 Å². The highest BCUT2D eigenvalue weighted by Gasteiger charge is 2.23. The molecule has 0 saturated carbocycles. The Morgan fingerprint density at radius 1 is 1.50 bits per heavy atom. The van der Waals surface area contributed by atoms with Gasteiger partial charge >= 0.3 is 0 Å². The van der Waals surface area contributed by atoms with Crippen molar-refractivity contribution in [2.24, 2.45) is 0 Å². The van der Waals surface area contributed by atoms with Gasteiger partial charge in [0.1, 0.15) is 0 Å². The zero-order valence-corrected chi connectivity index (χ0v) is 10.6. The zero-order chi connectivity index (χ0) is 11.6. The summed E-state index contributed by atoms with van der Waals surface area (Å²) in [5, 5.41) is 2.94. The van der Waals surface area contributed by atoms with E-state index in [2.05, 4.69) is 9.88 Å². The molecule has 2 rings (SSSR count). The SMILES string of the molecule is CS(=O)(=O)OC1CCN(c2nccs2)CC1. The molecule has 1 aromatic heterocycles. The lowest BCUT2D eigenvalue weighted by Gasteiger charge is -2.30. The van der Waals surface area contributed by atoms with Crippen LogP contribution in [0.15, 0.2) is 11.6 Å². The van der Waals surface area contributed by atoms with E-state index in [4.69, 9.17) is 4.18 Å². The summed E-state index contributed by atoms with van der Waals surface area (Å²) in [6.07, 6.45) is 4.16. The minimum atomic E-state index is -3.33. The molecule has 0 bridgehead atoms. The van der Waals surface area contributed by atoms with E-state index in [1.54, 1.807) is 17.5 Å². The van der Waals surface area contributed by atoms with Crippen molar-refractivity contribution in [1.82, 2.24) is 4.98 Å². The topological polar surface area (TPSA) is 59.5 Å². The first-order valence-electron chi connectivity index (χ1n) is 5.07. The van der Waals surface area contributed by atoms with Crippen LogP contribution in [0.5, 0.6) is 0 Å². The van der Waals surface area contributed by atoms with E-state index in [0.717, 1.165) is 37.3 Å². The summed E-state index contributed by atoms with van der Waals surface area (Å²) in [5.41, 5.74) is 0. The Bertz CT molecular complexity index is 422. The minimum Gasteiger partial charge on any atom is -0.348 e. The Balaban J connectivity index is 1.88. The van der Waals surface area contributed by atoms with Crippen molar-refractivity contribution in [3.8, 4) is 0 Å². The van der Waals surface area contributed by atoms with Crippen LogP contribution in [0.3, 0.4) is 0 Å². The van der Waals surface area contributed by atoms with Gasteiger partial charge in [-0.1, -0.05) is 0 Å². The van der Waals surface area contributed by atoms with Crippen molar-refractivity contribution in [1.29, 1.82) is 0 Å². The molecule has 1 aliphatic rings. The minimum absolute atomic E-state index is 0.175. The average Bonchev–Trinajstić information content (AvgIpc) is 2.69. The first-order chi connectivity index (χ1) is 7.54. The number of aromatic nitrogens is 1. The lowest BCUT2D eigenvalue weighted by atomic mass is 10.1. The number of anilines is 1. The van der Waals surface area contributed by atoms with Crippen LogP contribution >= 0.6 is 11.3 Å². The largest absolute Gasteiger partial charge is 0.348 e. The lowest BCUT2D eigenvalue weighted by molar-refractivity contribution is 0.180. The predicted molar refractivity (Wildman–Crippen MR) is 63.3 cm³/mol. The number of hydrogen-bond acceptors (Lipinski definition) is 6. The van der Waals surface area contributed by atoms with E-state index in [0.29, 0.717) is 0 Å². The molecule has 5 nitrogen and oxygen atoms in total. The van der Waals surface area contributed by atoms with Crippen LogP contribution in [0.4, 0.5) is 5.13 Å². The molecule has 2 heterocycles. The Morgan fingerprint density at radius 3 is 2.69 bits per heavy atom. The van der Waals surface area contributed by atoms with Gasteiger partial charge < -0.3 is 4.90 Å². The molecule has 0 N–H and O–H groups in total. The van der Waals surface area contributed by atoms with Gasteiger partial charge in [0.25, 0.3) is 10.1 Å². The molecule has 0 aliphatic carbocycles. The summed E-state index contributed by atoms with van der Waals surface area (Å²) >= 11 is 1.60. The maximum absolute atomic E-state index is 11.0. The third-order valence-electron chi connectivity index (χ3n) is 2.44. The van der Waals surface area contributed by atoms with E-state index in [9.17, 15) is 8.42 Å². The maximum atomic E-state index is 11.0. The lowest BCUT2D eigenvalue weighted by Crippen LogP contribution is -2.37. The van der Waals surface area contributed by atoms with Gasteiger partial charge in [-0.25, -0.2) is 4.98 Å². The molecule has 1 aromatic rings. The maximum Gasteiger partial charge on any atom is 0.264 e. The van der Waals surface area contributed by atoms with Crippen LogP contribution in [-0.2, 0) is 14.3 Å². The second-order valence-electron chi connectivity index (χ2n) is 3.80. The van der Waals surface area contributed by atoms with Gasteiger partial charge in [-0.3, -0.25) is 4.18 Å². The highest BCUT2D eigenvalue weighted by molar-refractivity contribution is 7.86. The molecule has 0 amide bonds. The fourth-order valence-electron chi connectivity index (χ4n) is 1.76. The van der Waals surface area contributed by atoms with Gasteiger partial charge in [0, 0.05) is 24.7 Å². The number of piperidine rings is 1. The summed E-state index contributed by atoms with van der Waals surface area (Å²) in [6, 6.07) is 0. The zero-order valence-electron chi connectivity index (χ0n) is 9.00. The molecule has 1 fully saturated rings. The Morgan fingerprint density at radius 2 is 2.19 bits per heavy atom. The van der Waals surface area contributed by atoms with Crippen molar-refractivity contribution >= 4 is 26.6 Å². The van der Waals surface area contributed by atoms with Gasteiger partial charge in [0.05, 0.1) is 12.4 Å². The van der Waals surface area contributed by atoms with Crippen LogP contribution in [0.25, 0.3) is 0 Å². The molecule has 0 unspecified atom stereocenters. The Hall–Kier alpha value is -0.660. The molecule has 16 heavy (non-hydrogen) atoms. The van der Waals surface area contributed by atoms with Crippen molar-refractivity contribution in [2.45, 2.75) is 18.9 Å². The van der Waals surface area contributed by atoms with Gasteiger partial charge in [-0.2, -0.15) is 8.42 Å². The average molecular weight is 262 g/mol. The highest BCUT2D eigenvalue weighted by Crippen LogP contribution is 2.23. The smallest absolute Gasteiger partial charge is 0.264 e. The quantitative estimate of drug-likeness (QED) is 0.763. The highest BCUT2D eigenvalue weighted by atomic mass is 32.2. The van der Waals surface area contributed by atoms with Crippen LogP contribution in [-0.4, -0.2) is 38.9 Å².